The second-order valence-corrected chi connectivity index (χ2v) is 7.03. The van der Waals surface area contributed by atoms with Crippen LogP contribution in [-0.2, 0) is 4.79 Å². The van der Waals surface area contributed by atoms with E-state index >= 15 is 0 Å². The summed E-state index contributed by atoms with van der Waals surface area (Å²) in [6.07, 6.45) is 0.884. The second-order valence-electron chi connectivity index (χ2n) is 5.78. The van der Waals surface area contributed by atoms with E-state index in [1.165, 1.54) is 18.7 Å². The van der Waals surface area contributed by atoms with Gasteiger partial charge in [-0.3, -0.25) is 14.6 Å². The monoisotopic (exact) mass is 369 g/mol. The number of aromatic amines is 1. The van der Waals surface area contributed by atoms with Crippen LogP contribution in [0.25, 0.3) is 11.3 Å². The van der Waals surface area contributed by atoms with Crippen LogP contribution in [0.2, 0.25) is 0 Å². The van der Waals surface area contributed by atoms with E-state index in [0.29, 0.717) is 27.9 Å². The Labute approximate surface area is 153 Å². The number of amides is 1. The maximum atomic E-state index is 12.9. The van der Waals surface area contributed by atoms with Gasteiger partial charge >= 0.3 is 17.4 Å². The van der Waals surface area contributed by atoms with E-state index in [1.807, 2.05) is 31.2 Å². The zero-order valence-electron chi connectivity index (χ0n) is 14.3. The molecule has 1 aliphatic rings. The number of benzene rings is 1. The highest BCUT2D eigenvalue weighted by Crippen LogP contribution is 2.37. The number of carbonyl (C=O) groups is 1. The number of hydrogen-bond acceptors (Lipinski definition) is 5. The fraction of sp³-hybridized carbons (Fsp3) is 0.222. The first-order valence-corrected chi connectivity index (χ1v) is 9.22. The average Bonchev–Trinajstić information content (AvgIpc) is 3.14. The number of nitrogens with zero attached hydrogens (tertiary/aromatic N) is 3. The molecule has 0 bridgehead atoms. The summed E-state index contributed by atoms with van der Waals surface area (Å²) in [5.41, 5.74) is 1.47. The van der Waals surface area contributed by atoms with Gasteiger partial charge in [-0.05, 0) is 34.7 Å². The molecule has 0 saturated carbocycles. The van der Waals surface area contributed by atoms with Crippen LogP contribution in [0.1, 0.15) is 25.8 Å². The van der Waals surface area contributed by atoms with Crippen molar-refractivity contribution in [1.82, 2.24) is 10.1 Å². The molecule has 8 heteroatoms. The first-order valence-electron chi connectivity index (χ1n) is 8.23. The van der Waals surface area contributed by atoms with Crippen molar-refractivity contribution in [1.29, 1.82) is 0 Å². The van der Waals surface area contributed by atoms with Crippen molar-refractivity contribution in [3.63, 3.8) is 0 Å². The van der Waals surface area contributed by atoms with E-state index in [2.05, 4.69) is 10.1 Å². The van der Waals surface area contributed by atoms with Crippen LogP contribution in [0.3, 0.4) is 0 Å². The molecule has 0 aliphatic carbocycles. The third kappa shape index (κ3) is 2.53. The lowest BCUT2D eigenvalue weighted by Gasteiger charge is -2.29. The van der Waals surface area contributed by atoms with Crippen molar-refractivity contribution in [3.8, 4) is 11.3 Å². The van der Waals surface area contributed by atoms with Crippen molar-refractivity contribution < 1.29 is 13.9 Å². The zero-order valence-corrected chi connectivity index (χ0v) is 15.1. The summed E-state index contributed by atoms with van der Waals surface area (Å²) in [6, 6.07) is 10.9. The fourth-order valence-corrected chi connectivity index (χ4v) is 3.79. The van der Waals surface area contributed by atoms with Gasteiger partial charge in [0.25, 0.3) is 0 Å². The summed E-state index contributed by atoms with van der Waals surface area (Å²) in [5.74, 6) is 1.14. The Morgan fingerprint density at radius 3 is 2.85 bits per heavy atom. The molecule has 1 N–H and O–H groups in total. The fourth-order valence-electron chi connectivity index (χ4n) is 3.21. The van der Waals surface area contributed by atoms with Gasteiger partial charge in [-0.25, -0.2) is 4.90 Å². The van der Waals surface area contributed by atoms with Crippen LogP contribution in [0.4, 0.5) is 5.69 Å². The Kier molecular flexibility index (Phi) is 4.12. The molecular formula is C18H17N4O3S+. The lowest BCUT2D eigenvalue weighted by molar-refractivity contribution is -0.764. The highest BCUT2D eigenvalue weighted by Gasteiger charge is 2.46. The zero-order chi connectivity index (χ0) is 18.3. The Morgan fingerprint density at radius 2 is 2.15 bits per heavy atom. The van der Waals surface area contributed by atoms with Gasteiger partial charge in [-0.15, -0.1) is 0 Å². The minimum atomic E-state index is -0.661. The molecule has 3 heterocycles. The quantitative estimate of drug-likeness (QED) is 0.566. The number of anilines is 1. The van der Waals surface area contributed by atoms with Gasteiger partial charge in [-0.1, -0.05) is 30.8 Å². The van der Waals surface area contributed by atoms with Gasteiger partial charge in [0.1, 0.15) is 0 Å². The molecule has 2 aromatic heterocycles. The van der Waals surface area contributed by atoms with E-state index in [9.17, 15) is 9.59 Å². The molecule has 0 spiro atoms. The van der Waals surface area contributed by atoms with Crippen LogP contribution in [-0.4, -0.2) is 21.7 Å². The van der Waals surface area contributed by atoms with E-state index in [-0.39, 0.29) is 11.5 Å². The van der Waals surface area contributed by atoms with Crippen molar-refractivity contribution in [2.24, 2.45) is 0 Å². The molecule has 1 atom stereocenters. The number of aromatic nitrogens is 3. The summed E-state index contributed by atoms with van der Waals surface area (Å²) >= 11 is 1.43. The summed E-state index contributed by atoms with van der Waals surface area (Å²) in [7, 11) is 0. The maximum Gasteiger partial charge on any atom is 0.325 e. The van der Waals surface area contributed by atoms with Crippen LogP contribution in [0.5, 0.6) is 0 Å². The van der Waals surface area contributed by atoms with Gasteiger partial charge in [-0.2, -0.15) is 0 Å². The van der Waals surface area contributed by atoms with E-state index < -0.39 is 6.17 Å². The molecule has 0 saturated heterocycles. The topological polar surface area (TPSA) is 83.1 Å². The molecule has 1 amide bonds. The molecule has 1 aromatic carbocycles. The molecule has 7 nitrogen and oxygen atoms in total. The van der Waals surface area contributed by atoms with Gasteiger partial charge in [0.2, 0.25) is 11.1 Å². The third-order valence-corrected chi connectivity index (χ3v) is 4.92. The van der Waals surface area contributed by atoms with Crippen molar-refractivity contribution in [2.75, 3.05) is 10.7 Å². The smallest absolute Gasteiger partial charge is 0.325 e. The molecule has 1 unspecified atom stereocenters. The molecule has 3 aromatic rings. The number of furan rings is 1. The third-order valence-electron chi connectivity index (χ3n) is 4.18. The maximum absolute atomic E-state index is 12.9. The number of para-hydroxylation sites is 1. The van der Waals surface area contributed by atoms with Crippen LogP contribution in [0, 0.1) is 0 Å². The number of fused-ring (bicyclic) bond motifs is 3. The first kappa shape index (κ1) is 16.6. The Hall–Kier alpha value is -2.87. The second kappa shape index (κ2) is 6.45. The Balaban J connectivity index is 2.07. The van der Waals surface area contributed by atoms with Gasteiger partial charge < -0.3 is 4.42 Å². The number of carbonyl (C=O) groups excluding carboxylic acids is 1. The van der Waals surface area contributed by atoms with Crippen molar-refractivity contribution >= 4 is 23.4 Å². The minimum absolute atomic E-state index is 0.163. The normalized spacial score (nSPS) is 15.5. The number of nitrogens with one attached hydrogen (secondary N) is 1. The van der Waals surface area contributed by atoms with Crippen LogP contribution < -0.4 is 15.1 Å². The number of rotatable bonds is 3. The Bertz CT molecular complexity index is 1030. The van der Waals surface area contributed by atoms with E-state index in [0.717, 1.165) is 5.75 Å². The lowest BCUT2D eigenvalue weighted by atomic mass is 10.0. The van der Waals surface area contributed by atoms with Crippen molar-refractivity contribution in [3.05, 3.63) is 58.8 Å². The highest BCUT2D eigenvalue weighted by molar-refractivity contribution is 7.99. The number of hydrogen-bond donors (Lipinski definition) is 1. The number of thioether (sulfide) groups is 1. The van der Waals surface area contributed by atoms with E-state index in [4.69, 9.17) is 4.42 Å². The van der Waals surface area contributed by atoms with Gasteiger partial charge in [0.15, 0.2) is 5.76 Å². The lowest BCUT2D eigenvalue weighted by Crippen LogP contribution is -2.60. The molecular weight excluding hydrogens is 352 g/mol. The van der Waals surface area contributed by atoms with Crippen molar-refractivity contribution in [2.45, 2.75) is 25.2 Å². The predicted molar refractivity (Wildman–Crippen MR) is 96.9 cm³/mol. The number of H-pyrrole nitrogens is 1. The average molecular weight is 369 g/mol. The summed E-state index contributed by atoms with van der Waals surface area (Å²) < 4.78 is 7.17. The van der Waals surface area contributed by atoms with E-state index in [1.54, 1.807) is 28.0 Å². The molecule has 0 radical (unpaired) electrons. The minimum Gasteiger partial charge on any atom is -0.460 e. The molecule has 132 valence electrons. The standard InChI is InChI=1S/C18H16N4O3S/c1-3-26-18-19-16(24)15-12-7-4-5-8-13(12)21(11(2)23)17(22(15)20-18)14-9-6-10-25-14/h4-10,17H,3H2,1-2H3/p+1. The Morgan fingerprint density at radius 1 is 1.35 bits per heavy atom. The van der Waals surface area contributed by atoms with Crippen LogP contribution >= 0.6 is 11.8 Å². The van der Waals surface area contributed by atoms with Gasteiger partial charge in [0.05, 0.1) is 17.5 Å². The van der Waals surface area contributed by atoms with Crippen LogP contribution in [0.15, 0.2) is 57.0 Å². The summed E-state index contributed by atoms with van der Waals surface area (Å²) in [6.45, 7) is 3.48. The molecule has 26 heavy (non-hydrogen) atoms. The molecule has 4 rings (SSSR count). The first-order chi connectivity index (χ1) is 12.6. The molecule has 1 aliphatic heterocycles. The largest absolute Gasteiger partial charge is 0.460 e. The SMILES string of the molecule is CCSc1n[n+]2c(c(=O)[nH]1)-c1ccccc1N(C(C)=O)C2c1ccco1. The highest BCUT2D eigenvalue weighted by atomic mass is 32.2. The molecule has 0 fully saturated rings. The van der Waals surface area contributed by atoms with Gasteiger partial charge in [0, 0.05) is 12.0 Å². The summed E-state index contributed by atoms with van der Waals surface area (Å²) in [5, 5.41) is 5.10. The summed E-state index contributed by atoms with van der Waals surface area (Å²) in [4.78, 5) is 29.8. The predicted octanol–water partition coefficient (Wildman–Crippen LogP) is 2.34.